The molecule has 4 nitrogen and oxygen atoms in total. The molecule has 1 amide bonds. The number of ether oxygens (including phenoxy) is 1. The van der Waals surface area contributed by atoms with Crippen LogP contribution in [0.3, 0.4) is 0 Å². The summed E-state index contributed by atoms with van der Waals surface area (Å²) in [5.41, 5.74) is 0.390. The van der Waals surface area contributed by atoms with E-state index in [-0.39, 0.29) is 12.6 Å². The number of likely N-dealkylation sites (N-methyl/N-ethyl adjacent to an activating group) is 1. The fourth-order valence-corrected chi connectivity index (χ4v) is 1.44. The van der Waals surface area contributed by atoms with Gasteiger partial charge in [-0.25, -0.2) is 9.78 Å². The number of amides is 1. The zero-order valence-corrected chi connectivity index (χ0v) is 7.61. The van der Waals surface area contributed by atoms with Crippen LogP contribution in [0.2, 0.25) is 0 Å². The van der Waals surface area contributed by atoms with Crippen molar-refractivity contribution in [2.45, 2.75) is 6.04 Å². The Morgan fingerprint density at radius 3 is 3.07 bits per heavy atom. The van der Waals surface area contributed by atoms with Crippen molar-refractivity contribution in [2.24, 2.45) is 0 Å². The van der Waals surface area contributed by atoms with E-state index in [1.165, 1.54) is 11.1 Å². The molecule has 0 bridgehead atoms. The van der Waals surface area contributed by atoms with Crippen LogP contribution >= 0.6 is 0 Å². The molecule has 2 rings (SSSR count). The molecule has 0 N–H and O–H groups in total. The molecule has 1 aliphatic rings. The van der Waals surface area contributed by atoms with Gasteiger partial charge < -0.3 is 9.64 Å². The van der Waals surface area contributed by atoms with Crippen LogP contribution in [0, 0.1) is 5.95 Å². The average molecular weight is 196 g/mol. The Morgan fingerprint density at radius 1 is 1.71 bits per heavy atom. The van der Waals surface area contributed by atoms with Crippen molar-refractivity contribution in [1.29, 1.82) is 0 Å². The standard InChI is InChI=1S/C9H9FN2O2/c1-12-7(5-14-9(12)13)6-3-2-4-11-8(6)10/h2-4,7H,5H2,1H3. The summed E-state index contributed by atoms with van der Waals surface area (Å²) in [5.74, 6) is -0.553. The van der Waals surface area contributed by atoms with Crippen LogP contribution in [0.4, 0.5) is 9.18 Å². The highest BCUT2D eigenvalue weighted by atomic mass is 19.1. The van der Waals surface area contributed by atoms with Crippen LogP contribution in [0.5, 0.6) is 0 Å². The number of carbonyl (C=O) groups is 1. The van der Waals surface area contributed by atoms with Gasteiger partial charge in [-0.2, -0.15) is 4.39 Å². The molecule has 0 spiro atoms. The van der Waals surface area contributed by atoms with Gasteiger partial charge in [0.2, 0.25) is 5.95 Å². The van der Waals surface area contributed by atoms with Gasteiger partial charge in [0.15, 0.2) is 0 Å². The Kier molecular flexibility index (Phi) is 2.07. The number of rotatable bonds is 1. The summed E-state index contributed by atoms with van der Waals surface area (Å²) >= 11 is 0. The Morgan fingerprint density at radius 2 is 2.50 bits per heavy atom. The second kappa shape index (κ2) is 3.25. The third-order valence-corrected chi connectivity index (χ3v) is 2.27. The Hall–Kier alpha value is -1.65. The van der Waals surface area contributed by atoms with Gasteiger partial charge in [0.1, 0.15) is 6.61 Å². The highest BCUT2D eigenvalue weighted by Gasteiger charge is 2.32. The smallest absolute Gasteiger partial charge is 0.410 e. The number of nitrogens with zero attached hydrogens (tertiary/aromatic N) is 2. The molecule has 1 aromatic rings. The summed E-state index contributed by atoms with van der Waals surface area (Å²) < 4.78 is 18.0. The van der Waals surface area contributed by atoms with Crippen LogP contribution in [0.1, 0.15) is 11.6 Å². The van der Waals surface area contributed by atoms with Gasteiger partial charge in [0.05, 0.1) is 6.04 Å². The SMILES string of the molecule is CN1C(=O)OCC1c1cccnc1F. The lowest BCUT2D eigenvalue weighted by molar-refractivity contribution is 0.163. The minimum absolute atomic E-state index is 0.179. The van der Waals surface area contributed by atoms with E-state index in [9.17, 15) is 9.18 Å². The second-order valence-corrected chi connectivity index (χ2v) is 3.09. The highest BCUT2D eigenvalue weighted by molar-refractivity contribution is 5.70. The quantitative estimate of drug-likeness (QED) is 0.636. The molecule has 1 unspecified atom stereocenters. The number of cyclic esters (lactones) is 1. The van der Waals surface area contributed by atoms with Gasteiger partial charge in [-0.05, 0) is 6.07 Å². The minimum atomic E-state index is -0.553. The number of carbonyl (C=O) groups excluding carboxylic acids is 1. The first-order chi connectivity index (χ1) is 6.70. The summed E-state index contributed by atoms with van der Waals surface area (Å²) in [6, 6.07) is 2.87. The molecular formula is C9H9FN2O2. The van der Waals surface area contributed by atoms with Crippen LogP contribution in [0.15, 0.2) is 18.3 Å². The summed E-state index contributed by atoms with van der Waals surface area (Å²) in [6.07, 6.45) is 0.939. The van der Waals surface area contributed by atoms with Crippen LogP contribution in [-0.2, 0) is 4.74 Å². The maximum absolute atomic E-state index is 13.2. The van der Waals surface area contributed by atoms with Crippen molar-refractivity contribution >= 4 is 6.09 Å². The van der Waals surface area contributed by atoms with Gasteiger partial charge >= 0.3 is 6.09 Å². The molecule has 1 aliphatic heterocycles. The third kappa shape index (κ3) is 1.30. The first-order valence-electron chi connectivity index (χ1n) is 4.20. The van der Waals surface area contributed by atoms with Crippen molar-refractivity contribution in [3.8, 4) is 0 Å². The molecule has 1 atom stereocenters. The normalized spacial score (nSPS) is 21.1. The Bertz CT molecular complexity index is 370. The molecule has 5 heteroatoms. The molecule has 1 aromatic heterocycles. The highest BCUT2D eigenvalue weighted by Crippen LogP contribution is 2.26. The maximum atomic E-state index is 13.2. The fraction of sp³-hybridized carbons (Fsp3) is 0.333. The largest absolute Gasteiger partial charge is 0.447 e. The Balaban J connectivity index is 2.32. The lowest BCUT2D eigenvalue weighted by Gasteiger charge is -2.15. The van der Waals surface area contributed by atoms with Crippen LogP contribution < -0.4 is 0 Å². The molecule has 2 heterocycles. The number of hydrogen-bond donors (Lipinski definition) is 0. The molecule has 1 saturated heterocycles. The lowest BCUT2D eigenvalue weighted by atomic mass is 10.1. The topological polar surface area (TPSA) is 42.4 Å². The number of pyridine rings is 1. The third-order valence-electron chi connectivity index (χ3n) is 2.27. The summed E-state index contributed by atoms with van der Waals surface area (Å²) in [5, 5.41) is 0. The monoisotopic (exact) mass is 196 g/mol. The summed E-state index contributed by atoms with van der Waals surface area (Å²) in [7, 11) is 1.58. The van der Waals surface area contributed by atoms with Crippen molar-refractivity contribution in [2.75, 3.05) is 13.7 Å². The van der Waals surface area contributed by atoms with E-state index in [1.807, 2.05) is 0 Å². The first-order valence-corrected chi connectivity index (χ1v) is 4.20. The number of aromatic nitrogens is 1. The average Bonchev–Trinajstić information content (AvgIpc) is 2.49. The van der Waals surface area contributed by atoms with Crippen molar-refractivity contribution in [3.05, 3.63) is 29.8 Å². The van der Waals surface area contributed by atoms with E-state index in [2.05, 4.69) is 4.98 Å². The predicted octanol–water partition coefficient (Wildman–Crippen LogP) is 1.34. The number of hydrogen-bond acceptors (Lipinski definition) is 3. The molecule has 0 radical (unpaired) electrons. The van der Waals surface area contributed by atoms with E-state index in [0.717, 1.165) is 0 Å². The summed E-state index contributed by atoms with van der Waals surface area (Å²) in [4.78, 5) is 15.9. The van der Waals surface area contributed by atoms with Gasteiger partial charge in [-0.3, -0.25) is 0 Å². The maximum Gasteiger partial charge on any atom is 0.410 e. The van der Waals surface area contributed by atoms with E-state index < -0.39 is 12.0 Å². The molecule has 0 aliphatic carbocycles. The lowest BCUT2D eigenvalue weighted by Crippen LogP contribution is -2.23. The van der Waals surface area contributed by atoms with Crippen molar-refractivity contribution in [1.82, 2.24) is 9.88 Å². The van der Waals surface area contributed by atoms with Crippen LogP contribution in [-0.4, -0.2) is 29.6 Å². The molecule has 74 valence electrons. The van der Waals surface area contributed by atoms with Gasteiger partial charge in [0, 0.05) is 18.8 Å². The molecule has 1 fully saturated rings. The van der Waals surface area contributed by atoms with E-state index in [4.69, 9.17) is 4.74 Å². The van der Waals surface area contributed by atoms with Crippen molar-refractivity contribution in [3.63, 3.8) is 0 Å². The molecule has 0 aromatic carbocycles. The molecular weight excluding hydrogens is 187 g/mol. The fourth-order valence-electron chi connectivity index (χ4n) is 1.44. The first kappa shape index (κ1) is 8.93. The Labute approximate surface area is 80.3 Å². The molecule has 14 heavy (non-hydrogen) atoms. The van der Waals surface area contributed by atoms with E-state index in [0.29, 0.717) is 5.56 Å². The van der Waals surface area contributed by atoms with Gasteiger partial charge in [-0.15, -0.1) is 0 Å². The zero-order valence-electron chi connectivity index (χ0n) is 7.61. The number of halogens is 1. The van der Waals surface area contributed by atoms with E-state index in [1.54, 1.807) is 19.2 Å². The van der Waals surface area contributed by atoms with E-state index >= 15 is 0 Å². The summed E-state index contributed by atoms with van der Waals surface area (Å²) in [6.45, 7) is 0.179. The van der Waals surface area contributed by atoms with Gasteiger partial charge in [0.25, 0.3) is 0 Å². The minimum Gasteiger partial charge on any atom is -0.447 e. The van der Waals surface area contributed by atoms with Gasteiger partial charge in [-0.1, -0.05) is 6.07 Å². The predicted molar refractivity (Wildman–Crippen MR) is 46.0 cm³/mol. The van der Waals surface area contributed by atoms with Crippen LogP contribution in [0.25, 0.3) is 0 Å². The zero-order chi connectivity index (χ0) is 10.1. The second-order valence-electron chi connectivity index (χ2n) is 3.09. The van der Waals surface area contributed by atoms with Crippen molar-refractivity contribution < 1.29 is 13.9 Å². The molecule has 0 saturated carbocycles.